The highest BCUT2D eigenvalue weighted by atomic mass is 16.2. The molecule has 2 heterocycles. The number of aryl methyl sites for hydroxylation is 2. The fourth-order valence-electron chi connectivity index (χ4n) is 3.40. The number of likely N-dealkylation sites (tertiary alicyclic amines) is 1. The van der Waals surface area contributed by atoms with Crippen molar-refractivity contribution in [3.8, 4) is 0 Å². The summed E-state index contributed by atoms with van der Waals surface area (Å²) < 4.78 is 0. The molecule has 2 amide bonds. The Hall–Kier alpha value is -2.82. The molecule has 1 aliphatic heterocycles. The van der Waals surface area contributed by atoms with Crippen molar-refractivity contribution in [2.24, 2.45) is 0 Å². The van der Waals surface area contributed by atoms with Crippen molar-refractivity contribution in [1.82, 2.24) is 20.2 Å². The molecule has 26 heavy (non-hydrogen) atoms. The summed E-state index contributed by atoms with van der Waals surface area (Å²) in [5.41, 5.74) is 4.60. The van der Waals surface area contributed by atoms with Gasteiger partial charge in [-0.05, 0) is 43.0 Å². The zero-order chi connectivity index (χ0) is 17.9. The summed E-state index contributed by atoms with van der Waals surface area (Å²) in [5.74, 6) is 1.29. The van der Waals surface area contributed by atoms with Crippen molar-refractivity contribution in [2.45, 2.75) is 25.7 Å². The number of amides is 2. The van der Waals surface area contributed by atoms with Gasteiger partial charge in [0, 0.05) is 19.6 Å². The number of hydrogen-bond donors (Lipinski definition) is 2. The summed E-state index contributed by atoms with van der Waals surface area (Å²) >= 11 is 0. The van der Waals surface area contributed by atoms with Crippen LogP contribution in [0.3, 0.4) is 0 Å². The van der Waals surface area contributed by atoms with Gasteiger partial charge in [0.1, 0.15) is 5.82 Å². The summed E-state index contributed by atoms with van der Waals surface area (Å²) in [6.45, 7) is 4.23. The zero-order valence-corrected chi connectivity index (χ0v) is 15.0. The molecule has 1 saturated heterocycles. The first-order chi connectivity index (χ1) is 12.7. The zero-order valence-electron chi connectivity index (χ0n) is 15.0. The number of nitrogens with zero attached hydrogens (tertiary/aromatic N) is 2. The normalized spacial score (nSPS) is 14.4. The Balaban J connectivity index is 1.23. The van der Waals surface area contributed by atoms with Crippen LogP contribution in [0.2, 0.25) is 0 Å². The predicted molar refractivity (Wildman–Crippen MR) is 103 cm³/mol. The number of hydrogen-bond acceptors (Lipinski definition) is 2. The number of imidazole rings is 1. The quantitative estimate of drug-likeness (QED) is 0.692. The van der Waals surface area contributed by atoms with Gasteiger partial charge in [-0.15, -0.1) is 0 Å². The van der Waals surface area contributed by atoms with E-state index in [9.17, 15) is 4.79 Å². The maximum absolute atomic E-state index is 12.2. The van der Waals surface area contributed by atoms with Crippen LogP contribution >= 0.6 is 0 Å². The molecule has 4 rings (SSSR count). The van der Waals surface area contributed by atoms with Gasteiger partial charge in [-0.1, -0.05) is 36.4 Å². The average molecular weight is 348 g/mol. The van der Waals surface area contributed by atoms with E-state index < -0.39 is 0 Å². The molecule has 1 aromatic heterocycles. The summed E-state index contributed by atoms with van der Waals surface area (Å²) in [6, 6.07) is 16.6. The Labute approximate surface area is 153 Å². The number of nitrogens with one attached hydrogen (secondary N) is 2. The molecular formula is C21H24N4O. The molecular weight excluding hydrogens is 324 g/mol. The first-order valence-electron chi connectivity index (χ1n) is 9.22. The second kappa shape index (κ2) is 7.20. The van der Waals surface area contributed by atoms with Gasteiger partial charge in [-0.2, -0.15) is 0 Å². The fraction of sp³-hybridized carbons (Fsp3) is 0.333. The van der Waals surface area contributed by atoms with Gasteiger partial charge in [0.15, 0.2) is 0 Å². The van der Waals surface area contributed by atoms with Crippen molar-refractivity contribution in [1.29, 1.82) is 0 Å². The lowest BCUT2D eigenvalue weighted by atomic mass is 10.0. The summed E-state index contributed by atoms with van der Waals surface area (Å²) in [4.78, 5) is 22.1. The molecule has 1 fully saturated rings. The standard InChI is InChI=1S/C21H24N4O/c1-15-9-10-18-19(12-15)24-20(23-18)17-13-25(14-17)21(26)22-11-5-8-16-6-3-2-4-7-16/h2-4,6-7,9-10,12,17H,5,8,11,13-14H2,1H3,(H,22,26)(H,23,24). The molecule has 0 spiro atoms. The monoisotopic (exact) mass is 348 g/mol. The van der Waals surface area contributed by atoms with Gasteiger partial charge in [0.2, 0.25) is 0 Å². The third-order valence-corrected chi connectivity index (χ3v) is 4.97. The lowest BCUT2D eigenvalue weighted by Gasteiger charge is -2.38. The minimum Gasteiger partial charge on any atom is -0.342 e. The number of carbonyl (C=O) groups excluding carboxylic acids is 1. The van der Waals surface area contributed by atoms with E-state index >= 15 is 0 Å². The molecule has 1 aliphatic rings. The Kier molecular flexibility index (Phi) is 4.61. The van der Waals surface area contributed by atoms with Gasteiger partial charge in [-0.25, -0.2) is 9.78 Å². The molecule has 0 radical (unpaired) electrons. The van der Waals surface area contributed by atoms with Crippen LogP contribution in [0.4, 0.5) is 4.79 Å². The van der Waals surface area contributed by atoms with E-state index in [1.54, 1.807) is 0 Å². The van der Waals surface area contributed by atoms with Gasteiger partial charge < -0.3 is 15.2 Å². The van der Waals surface area contributed by atoms with Crippen LogP contribution in [0.25, 0.3) is 11.0 Å². The highest BCUT2D eigenvalue weighted by Gasteiger charge is 2.33. The van der Waals surface area contributed by atoms with Gasteiger partial charge >= 0.3 is 6.03 Å². The summed E-state index contributed by atoms with van der Waals surface area (Å²) in [5, 5.41) is 3.02. The maximum atomic E-state index is 12.2. The Morgan fingerprint density at radius 1 is 1.23 bits per heavy atom. The van der Waals surface area contributed by atoms with Crippen LogP contribution in [-0.4, -0.2) is 40.5 Å². The lowest BCUT2D eigenvalue weighted by molar-refractivity contribution is 0.149. The number of fused-ring (bicyclic) bond motifs is 1. The molecule has 5 heteroatoms. The fourth-order valence-corrected chi connectivity index (χ4v) is 3.40. The van der Waals surface area contributed by atoms with Crippen LogP contribution in [0, 0.1) is 6.92 Å². The highest BCUT2D eigenvalue weighted by molar-refractivity contribution is 5.77. The first kappa shape index (κ1) is 16.6. The molecule has 0 atom stereocenters. The number of urea groups is 1. The van der Waals surface area contributed by atoms with Crippen molar-refractivity contribution < 1.29 is 4.79 Å². The number of aromatic amines is 1. The van der Waals surface area contributed by atoms with Gasteiger partial charge in [0.25, 0.3) is 0 Å². The Morgan fingerprint density at radius 2 is 2.04 bits per heavy atom. The second-order valence-corrected chi connectivity index (χ2v) is 7.07. The number of aromatic nitrogens is 2. The third-order valence-electron chi connectivity index (χ3n) is 4.97. The molecule has 0 aliphatic carbocycles. The molecule has 134 valence electrons. The minimum atomic E-state index is 0.0290. The topological polar surface area (TPSA) is 61.0 Å². The van der Waals surface area contributed by atoms with E-state index in [0.29, 0.717) is 12.5 Å². The predicted octanol–water partition coefficient (Wildman–Crippen LogP) is 3.61. The molecule has 3 aromatic rings. The Morgan fingerprint density at radius 3 is 2.85 bits per heavy atom. The maximum Gasteiger partial charge on any atom is 0.317 e. The smallest absolute Gasteiger partial charge is 0.317 e. The van der Waals surface area contributed by atoms with Crippen molar-refractivity contribution >= 4 is 17.1 Å². The van der Waals surface area contributed by atoms with E-state index in [2.05, 4.69) is 46.5 Å². The van der Waals surface area contributed by atoms with E-state index in [0.717, 1.165) is 42.8 Å². The number of rotatable bonds is 5. The summed E-state index contributed by atoms with van der Waals surface area (Å²) in [7, 11) is 0. The SMILES string of the molecule is Cc1ccc2nc(C3CN(C(=O)NCCCc4ccccc4)C3)[nH]c2c1. The molecule has 0 saturated carbocycles. The van der Waals surface area contributed by atoms with Crippen LogP contribution in [0.1, 0.15) is 29.3 Å². The van der Waals surface area contributed by atoms with E-state index in [4.69, 9.17) is 0 Å². The number of carbonyl (C=O) groups is 1. The molecule has 5 nitrogen and oxygen atoms in total. The number of benzene rings is 2. The first-order valence-corrected chi connectivity index (χ1v) is 9.22. The second-order valence-electron chi connectivity index (χ2n) is 7.07. The summed E-state index contributed by atoms with van der Waals surface area (Å²) in [6.07, 6.45) is 1.94. The van der Waals surface area contributed by atoms with Crippen molar-refractivity contribution in [3.63, 3.8) is 0 Å². The van der Waals surface area contributed by atoms with Crippen molar-refractivity contribution in [3.05, 3.63) is 65.5 Å². The minimum absolute atomic E-state index is 0.0290. The largest absolute Gasteiger partial charge is 0.342 e. The van der Waals surface area contributed by atoms with E-state index in [1.165, 1.54) is 11.1 Å². The van der Waals surface area contributed by atoms with Crippen LogP contribution in [0.5, 0.6) is 0 Å². The number of H-pyrrole nitrogens is 1. The van der Waals surface area contributed by atoms with Crippen molar-refractivity contribution in [2.75, 3.05) is 19.6 Å². The van der Waals surface area contributed by atoms with E-state index in [-0.39, 0.29) is 6.03 Å². The van der Waals surface area contributed by atoms with Crippen LogP contribution in [0.15, 0.2) is 48.5 Å². The van der Waals surface area contributed by atoms with Crippen LogP contribution in [-0.2, 0) is 6.42 Å². The highest BCUT2D eigenvalue weighted by Crippen LogP contribution is 2.27. The molecule has 0 bridgehead atoms. The lowest BCUT2D eigenvalue weighted by Crippen LogP contribution is -2.52. The van der Waals surface area contributed by atoms with Crippen LogP contribution < -0.4 is 5.32 Å². The van der Waals surface area contributed by atoms with E-state index in [1.807, 2.05) is 29.2 Å². The average Bonchev–Trinajstić information content (AvgIpc) is 3.01. The third kappa shape index (κ3) is 3.57. The molecule has 2 N–H and O–H groups in total. The molecule has 2 aromatic carbocycles. The van der Waals surface area contributed by atoms with Gasteiger partial charge in [0.05, 0.1) is 17.0 Å². The van der Waals surface area contributed by atoms with Gasteiger partial charge in [-0.3, -0.25) is 0 Å². The Bertz CT molecular complexity index is 897. The molecule has 0 unspecified atom stereocenters.